The SMILES string of the molecule is CCC(C)c1ccc(OC(=O)OCCOc2ccc(C(C)(C)C)cc2)c(C)c1. The number of ether oxygens (including phenoxy) is 3. The van der Waals surface area contributed by atoms with E-state index in [1.54, 1.807) is 0 Å². The Hall–Kier alpha value is -2.49. The van der Waals surface area contributed by atoms with E-state index in [2.05, 4.69) is 52.8 Å². The second-order valence-electron chi connectivity index (χ2n) is 8.16. The van der Waals surface area contributed by atoms with Gasteiger partial charge in [-0.2, -0.15) is 0 Å². The van der Waals surface area contributed by atoms with E-state index in [1.807, 2.05) is 31.2 Å². The predicted molar refractivity (Wildman–Crippen MR) is 112 cm³/mol. The summed E-state index contributed by atoms with van der Waals surface area (Å²) in [6.07, 6.45) is 0.353. The zero-order chi connectivity index (χ0) is 20.7. The molecule has 0 heterocycles. The lowest BCUT2D eigenvalue weighted by atomic mass is 9.87. The highest BCUT2D eigenvalue weighted by Crippen LogP contribution is 2.26. The molecule has 0 aliphatic rings. The zero-order valence-electron chi connectivity index (χ0n) is 17.9. The Bertz CT molecular complexity index is 772. The maximum absolute atomic E-state index is 11.9. The van der Waals surface area contributed by atoms with Crippen molar-refractivity contribution in [2.24, 2.45) is 0 Å². The van der Waals surface area contributed by atoms with Gasteiger partial charge in [-0.3, -0.25) is 0 Å². The molecule has 0 fully saturated rings. The van der Waals surface area contributed by atoms with E-state index in [1.165, 1.54) is 11.1 Å². The van der Waals surface area contributed by atoms with Crippen LogP contribution >= 0.6 is 0 Å². The third-order valence-electron chi connectivity index (χ3n) is 4.87. The van der Waals surface area contributed by atoms with E-state index in [0.717, 1.165) is 17.7 Å². The highest BCUT2D eigenvalue weighted by atomic mass is 16.7. The van der Waals surface area contributed by atoms with Crippen LogP contribution in [-0.2, 0) is 10.2 Å². The fraction of sp³-hybridized carbons (Fsp3) is 0.458. The number of carbonyl (C=O) groups excluding carboxylic acids is 1. The molecule has 0 aliphatic carbocycles. The van der Waals surface area contributed by atoms with Gasteiger partial charge < -0.3 is 14.2 Å². The number of hydrogen-bond donors (Lipinski definition) is 0. The fourth-order valence-corrected chi connectivity index (χ4v) is 2.78. The lowest BCUT2D eigenvalue weighted by molar-refractivity contribution is 0.0845. The van der Waals surface area contributed by atoms with Crippen LogP contribution in [0.15, 0.2) is 42.5 Å². The van der Waals surface area contributed by atoms with Gasteiger partial charge in [0.25, 0.3) is 0 Å². The minimum Gasteiger partial charge on any atom is -0.490 e. The summed E-state index contributed by atoms with van der Waals surface area (Å²) in [6, 6.07) is 13.8. The minimum atomic E-state index is -0.717. The summed E-state index contributed by atoms with van der Waals surface area (Å²) in [5, 5.41) is 0. The molecule has 0 spiro atoms. The molecule has 2 rings (SSSR count). The van der Waals surface area contributed by atoms with Gasteiger partial charge in [-0.15, -0.1) is 0 Å². The molecular weight excluding hydrogens is 352 g/mol. The van der Waals surface area contributed by atoms with E-state index in [-0.39, 0.29) is 18.6 Å². The van der Waals surface area contributed by atoms with Crippen molar-refractivity contribution in [1.82, 2.24) is 0 Å². The second-order valence-corrected chi connectivity index (χ2v) is 8.16. The van der Waals surface area contributed by atoms with Crippen LogP contribution in [0.2, 0.25) is 0 Å². The van der Waals surface area contributed by atoms with Crippen molar-refractivity contribution in [2.75, 3.05) is 13.2 Å². The van der Waals surface area contributed by atoms with Gasteiger partial charge in [0.1, 0.15) is 24.7 Å². The molecule has 0 amide bonds. The predicted octanol–water partition coefficient (Wildman–Crippen LogP) is 6.40. The molecule has 0 bridgehead atoms. The van der Waals surface area contributed by atoms with Crippen LogP contribution in [0.5, 0.6) is 11.5 Å². The Labute approximate surface area is 168 Å². The number of benzene rings is 2. The highest BCUT2D eigenvalue weighted by molar-refractivity contribution is 5.64. The summed E-state index contributed by atoms with van der Waals surface area (Å²) in [7, 11) is 0. The van der Waals surface area contributed by atoms with Crippen LogP contribution in [-0.4, -0.2) is 19.4 Å². The molecule has 4 nitrogen and oxygen atoms in total. The first kappa shape index (κ1) is 21.8. The van der Waals surface area contributed by atoms with Crippen LogP contribution < -0.4 is 9.47 Å². The molecule has 28 heavy (non-hydrogen) atoms. The van der Waals surface area contributed by atoms with Crippen molar-refractivity contribution in [2.45, 2.75) is 59.3 Å². The van der Waals surface area contributed by atoms with Gasteiger partial charge in [0.2, 0.25) is 0 Å². The maximum Gasteiger partial charge on any atom is 0.513 e. The topological polar surface area (TPSA) is 44.8 Å². The van der Waals surface area contributed by atoms with Crippen molar-refractivity contribution in [3.05, 3.63) is 59.2 Å². The number of hydrogen-bond acceptors (Lipinski definition) is 4. The molecule has 2 aromatic carbocycles. The van der Waals surface area contributed by atoms with Crippen LogP contribution in [0.3, 0.4) is 0 Å². The summed E-state index contributed by atoms with van der Waals surface area (Å²) in [6.45, 7) is 13.2. The monoisotopic (exact) mass is 384 g/mol. The quantitative estimate of drug-likeness (QED) is 0.315. The summed E-state index contributed by atoms with van der Waals surface area (Å²) in [5.41, 5.74) is 3.52. The first-order chi connectivity index (χ1) is 13.2. The molecule has 0 aliphatic heterocycles. The largest absolute Gasteiger partial charge is 0.513 e. The maximum atomic E-state index is 11.9. The molecule has 1 atom stereocenters. The molecule has 0 saturated heterocycles. The van der Waals surface area contributed by atoms with Crippen LogP contribution in [0, 0.1) is 6.92 Å². The Morgan fingerprint density at radius 1 is 1.04 bits per heavy atom. The molecule has 0 aromatic heterocycles. The Balaban J connectivity index is 1.77. The second kappa shape index (κ2) is 9.63. The lowest BCUT2D eigenvalue weighted by Gasteiger charge is -2.19. The van der Waals surface area contributed by atoms with Gasteiger partial charge in [-0.25, -0.2) is 4.79 Å². The molecule has 4 heteroatoms. The third-order valence-corrected chi connectivity index (χ3v) is 4.87. The Morgan fingerprint density at radius 2 is 1.71 bits per heavy atom. The smallest absolute Gasteiger partial charge is 0.490 e. The zero-order valence-corrected chi connectivity index (χ0v) is 17.9. The van der Waals surface area contributed by atoms with E-state index < -0.39 is 6.16 Å². The molecule has 2 aromatic rings. The van der Waals surface area contributed by atoms with Crippen LogP contribution in [0.25, 0.3) is 0 Å². The van der Waals surface area contributed by atoms with Gasteiger partial charge >= 0.3 is 6.16 Å². The van der Waals surface area contributed by atoms with Gasteiger partial charge in [0, 0.05) is 0 Å². The first-order valence-corrected chi connectivity index (χ1v) is 9.89. The molecule has 0 N–H and O–H groups in total. The standard InChI is InChI=1S/C24H32O4/c1-7-17(2)19-8-13-22(18(3)16-19)28-23(25)27-15-14-26-21-11-9-20(10-12-21)24(4,5)6/h8-13,16-17H,7,14-15H2,1-6H3. The van der Waals surface area contributed by atoms with Crippen molar-refractivity contribution < 1.29 is 19.0 Å². The van der Waals surface area contributed by atoms with Gasteiger partial charge in [0.05, 0.1) is 0 Å². The molecule has 152 valence electrons. The normalized spacial score (nSPS) is 12.4. The number of aryl methyl sites for hydroxylation is 1. The van der Waals surface area contributed by atoms with E-state index in [4.69, 9.17) is 14.2 Å². The van der Waals surface area contributed by atoms with Gasteiger partial charge in [-0.1, -0.05) is 58.9 Å². The minimum absolute atomic E-state index is 0.107. The number of rotatable bonds is 7. The summed E-state index contributed by atoms with van der Waals surface area (Å²) in [5.74, 6) is 1.76. The van der Waals surface area contributed by atoms with Crippen molar-refractivity contribution in [1.29, 1.82) is 0 Å². The first-order valence-electron chi connectivity index (χ1n) is 9.89. The van der Waals surface area contributed by atoms with Crippen LogP contribution in [0.4, 0.5) is 4.79 Å². The molecule has 0 saturated carbocycles. The van der Waals surface area contributed by atoms with Gasteiger partial charge in [-0.05, 0) is 59.6 Å². The van der Waals surface area contributed by atoms with E-state index in [0.29, 0.717) is 11.7 Å². The van der Waals surface area contributed by atoms with Crippen molar-refractivity contribution in [3.63, 3.8) is 0 Å². The molecule has 0 radical (unpaired) electrons. The summed E-state index contributed by atoms with van der Waals surface area (Å²) < 4.78 is 16.0. The van der Waals surface area contributed by atoms with Crippen molar-refractivity contribution in [3.8, 4) is 11.5 Å². The third kappa shape index (κ3) is 6.29. The average molecular weight is 385 g/mol. The van der Waals surface area contributed by atoms with Gasteiger partial charge in [0.15, 0.2) is 0 Å². The highest BCUT2D eigenvalue weighted by Gasteiger charge is 2.13. The molecular formula is C24H32O4. The van der Waals surface area contributed by atoms with Crippen molar-refractivity contribution >= 4 is 6.16 Å². The number of carbonyl (C=O) groups is 1. The fourth-order valence-electron chi connectivity index (χ4n) is 2.78. The summed E-state index contributed by atoms with van der Waals surface area (Å²) >= 11 is 0. The van der Waals surface area contributed by atoms with E-state index in [9.17, 15) is 4.79 Å². The lowest BCUT2D eigenvalue weighted by Crippen LogP contribution is -2.16. The summed E-state index contributed by atoms with van der Waals surface area (Å²) in [4.78, 5) is 11.9. The molecule has 1 unspecified atom stereocenters. The Kier molecular flexibility index (Phi) is 7.50. The van der Waals surface area contributed by atoms with E-state index >= 15 is 0 Å². The Morgan fingerprint density at radius 3 is 2.29 bits per heavy atom. The average Bonchev–Trinajstić information content (AvgIpc) is 2.66. The van der Waals surface area contributed by atoms with Crippen LogP contribution in [0.1, 0.15) is 63.6 Å².